The normalized spacial score (nSPS) is 21.9. The van der Waals surface area contributed by atoms with Crippen LogP contribution >= 0.6 is 0 Å². The van der Waals surface area contributed by atoms with Gasteiger partial charge in [0.15, 0.2) is 0 Å². The van der Waals surface area contributed by atoms with E-state index in [9.17, 15) is 9.59 Å². The first kappa shape index (κ1) is 10.0. The summed E-state index contributed by atoms with van der Waals surface area (Å²) in [6.45, 7) is 2.95. The number of hydrogen-bond acceptors (Lipinski definition) is 2. The topological polar surface area (TPSA) is 57.6 Å². The Balaban J connectivity index is 2.40. The Labute approximate surface area is 77.5 Å². The Kier molecular flexibility index (Phi) is 3.28. The lowest BCUT2D eigenvalue weighted by Gasteiger charge is -2.14. The lowest BCUT2D eigenvalue weighted by molar-refractivity contribution is -0.141. The van der Waals surface area contributed by atoms with E-state index in [2.05, 4.69) is 0 Å². The number of carboxylic acid groups (broad SMARTS) is 1. The van der Waals surface area contributed by atoms with E-state index in [1.807, 2.05) is 6.92 Å². The summed E-state index contributed by atoms with van der Waals surface area (Å²) in [6, 6.07) is 0. The van der Waals surface area contributed by atoms with Crippen molar-refractivity contribution in [3.63, 3.8) is 0 Å². The fourth-order valence-corrected chi connectivity index (χ4v) is 1.56. The molecule has 1 atom stereocenters. The number of amides is 1. The van der Waals surface area contributed by atoms with Crippen LogP contribution in [-0.4, -0.2) is 35.0 Å². The molecule has 0 unspecified atom stereocenters. The molecule has 74 valence electrons. The van der Waals surface area contributed by atoms with Gasteiger partial charge in [0.1, 0.15) is 0 Å². The van der Waals surface area contributed by atoms with Crippen LogP contribution in [0.1, 0.15) is 26.2 Å². The fourth-order valence-electron chi connectivity index (χ4n) is 1.56. The van der Waals surface area contributed by atoms with Crippen molar-refractivity contribution in [1.29, 1.82) is 0 Å². The van der Waals surface area contributed by atoms with Crippen LogP contribution in [0.25, 0.3) is 0 Å². The first-order valence-electron chi connectivity index (χ1n) is 4.65. The summed E-state index contributed by atoms with van der Waals surface area (Å²) in [6.07, 6.45) is 1.96. The zero-order valence-corrected chi connectivity index (χ0v) is 7.82. The molecule has 0 saturated carbocycles. The number of aliphatic carboxylic acids is 1. The maximum absolute atomic E-state index is 11.3. The molecule has 1 saturated heterocycles. The second kappa shape index (κ2) is 4.25. The molecule has 1 amide bonds. The predicted octanol–water partition coefficient (Wildman–Crippen LogP) is 0.720. The number of nitrogens with zero attached hydrogens (tertiary/aromatic N) is 1. The van der Waals surface area contributed by atoms with Gasteiger partial charge in [-0.25, -0.2) is 0 Å². The third-order valence-corrected chi connectivity index (χ3v) is 2.35. The van der Waals surface area contributed by atoms with Crippen molar-refractivity contribution in [1.82, 2.24) is 4.90 Å². The van der Waals surface area contributed by atoms with E-state index in [4.69, 9.17) is 5.11 Å². The van der Waals surface area contributed by atoms with Gasteiger partial charge in [-0.1, -0.05) is 6.92 Å². The number of rotatable bonds is 3. The van der Waals surface area contributed by atoms with Crippen LogP contribution in [-0.2, 0) is 9.59 Å². The van der Waals surface area contributed by atoms with Gasteiger partial charge in [0.2, 0.25) is 5.91 Å². The van der Waals surface area contributed by atoms with Crippen molar-refractivity contribution in [3.8, 4) is 0 Å². The van der Waals surface area contributed by atoms with Crippen LogP contribution in [0.5, 0.6) is 0 Å². The van der Waals surface area contributed by atoms with Gasteiger partial charge in [-0.15, -0.1) is 0 Å². The molecule has 1 rings (SSSR count). The molecule has 0 aromatic rings. The van der Waals surface area contributed by atoms with E-state index < -0.39 is 5.97 Å². The summed E-state index contributed by atoms with van der Waals surface area (Å²) in [5.74, 6) is -1.04. The quantitative estimate of drug-likeness (QED) is 0.704. The first-order valence-corrected chi connectivity index (χ1v) is 4.65. The molecular formula is C9H15NO3. The Morgan fingerprint density at radius 3 is 2.69 bits per heavy atom. The standard InChI is InChI=1S/C9H15NO3/c1-2-3-8(11)10-5-4-7(6-10)9(12)13/h7H,2-6H2,1H3,(H,12,13)/t7-/m1/s1. The van der Waals surface area contributed by atoms with E-state index >= 15 is 0 Å². The van der Waals surface area contributed by atoms with Gasteiger partial charge < -0.3 is 10.0 Å². The van der Waals surface area contributed by atoms with E-state index in [-0.39, 0.29) is 11.8 Å². The maximum Gasteiger partial charge on any atom is 0.308 e. The predicted molar refractivity (Wildman–Crippen MR) is 47.2 cm³/mol. The summed E-state index contributed by atoms with van der Waals surface area (Å²) in [7, 11) is 0. The summed E-state index contributed by atoms with van der Waals surface area (Å²) in [4.78, 5) is 23.6. The smallest absolute Gasteiger partial charge is 0.308 e. The molecule has 1 fully saturated rings. The summed E-state index contributed by atoms with van der Waals surface area (Å²) < 4.78 is 0. The van der Waals surface area contributed by atoms with Gasteiger partial charge in [0, 0.05) is 19.5 Å². The van der Waals surface area contributed by atoms with Crippen LogP contribution in [0, 0.1) is 5.92 Å². The average molecular weight is 185 g/mol. The molecular weight excluding hydrogens is 170 g/mol. The Morgan fingerprint density at radius 1 is 1.54 bits per heavy atom. The lowest BCUT2D eigenvalue weighted by atomic mass is 10.1. The second-order valence-corrected chi connectivity index (χ2v) is 3.41. The number of hydrogen-bond donors (Lipinski definition) is 1. The highest BCUT2D eigenvalue weighted by molar-refractivity contribution is 5.78. The molecule has 0 aromatic heterocycles. The second-order valence-electron chi connectivity index (χ2n) is 3.41. The van der Waals surface area contributed by atoms with Crippen LogP contribution in [0.15, 0.2) is 0 Å². The average Bonchev–Trinajstić information content (AvgIpc) is 2.52. The van der Waals surface area contributed by atoms with Crippen molar-refractivity contribution >= 4 is 11.9 Å². The molecule has 4 heteroatoms. The van der Waals surface area contributed by atoms with Crippen molar-refractivity contribution in [2.24, 2.45) is 5.92 Å². The highest BCUT2D eigenvalue weighted by Crippen LogP contribution is 2.17. The molecule has 13 heavy (non-hydrogen) atoms. The van der Waals surface area contributed by atoms with Gasteiger partial charge in [-0.3, -0.25) is 9.59 Å². The third kappa shape index (κ3) is 2.44. The molecule has 1 aliphatic heterocycles. The minimum atomic E-state index is -0.785. The molecule has 1 heterocycles. The molecule has 0 aromatic carbocycles. The van der Waals surface area contributed by atoms with Crippen molar-refractivity contribution < 1.29 is 14.7 Å². The third-order valence-electron chi connectivity index (χ3n) is 2.35. The molecule has 1 N–H and O–H groups in total. The molecule has 1 aliphatic rings. The highest BCUT2D eigenvalue weighted by Gasteiger charge is 2.29. The fraction of sp³-hybridized carbons (Fsp3) is 0.778. The number of likely N-dealkylation sites (tertiary alicyclic amines) is 1. The molecule has 0 radical (unpaired) electrons. The van der Waals surface area contributed by atoms with Crippen molar-refractivity contribution in [2.75, 3.05) is 13.1 Å². The van der Waals surface area contributed by atoms with E-state index in [0.717, 1.165) is 6.42 Å². The zero-order chi connectivity index (χ0) is 9.84. The Bertz CT molecular complexity index is 215. The summed E-state index contributed by atoms with van der Waals surface area (Å²) in [5.41, 5.74) is 0. The van der Waals surface area contributed by atoms with Crippen molar-refractivity contribution in [2.45, 2.75) is 26.2 Å². The van der Waals surface area contributed by atoms with Crippen LogP contribution in [0.3, 0.4) is 0 Å². The SMILES string of the molecule is CCCC(=O)N1CC[C@@H](C(=O)O)C1. The van der Waals surface area contributed by atoms with Gasteiger partial charge in [-0.2, -0.15) is 0 Å². The number of carbonyl (C=O) groups is 2. The van der Waals surface area contributed by atoms with E-state index in [0.29, 0.717) is 25.9 Å². The lowest BCUT2D eigenvalue weighted by Crippen LogP contribution is -2.29. The largest absolute Gasteiger partial charge is 0.481 e. The monoisotopic (exact) mass is 185 g/mol. The van der Waals surface area contributed by atoms with E-state index in [1.54, 1.807) is 4.90 Å². The molecule has 0 aliphatic carbocycles. The maximum atomic E-state index is 11.3. The zero-order valence-electron chi connectivity index (χ0n) is 7.82. The molecule has 0 bridgehead atoms. The number of carbonyl (C=O) groups excluding carboxylic acids is 1. The first-order chi connectivity index (χ1) is 6.15. The highest BCUT2D eigenvalue weighted by atomic mass is 16.4. The Morgan fingerprint density at radius 2 is 2.23 bits per heavy atom. The van der Waals surface area contributed by atoms with E-state index in [1.165, 1.54) is 0 Å². The summed E-state index contributed by atoms with van der Waals surface area (Å²) >= 11 is 0. The van der Waals surface area contributed by atoms with Crippen molar-refractivity contribution in [3.05, 3.63) is 0 Å². The van der Waals surface area contributed by atoms with Crippen LogP contribution < -0.4 is 0 Å². The van der Waals surface area contributed by atoms with Crippen LogP contribution in [0.4, 0.5) is 0 Å². The van der Waals surface area contributed by atoms with Gasteiger partial charge >= 0.3 is 5.97 Å². The van der Waals surface area contributed by atoms with Gasteiger partial charge in [0.05, 0.1) is 5.92 Å². The minimum Gasteiger partial charge on any atom is -0.481 e. The molecule has 4 nitrogen and oxygen atoms in total. The minimum absolute atomic E-state index is 0.0891. The van der Waals surface area contributed by atoms with Gasteiger partial charge in [0.25, 0.3) is 0 Å². The summed E-state index contributed by atoms with van der Waals surface area (Å²) in [5, 5.41) is 8.70. The molecule has 0 spiro atoms. The van der Waals surface area contributed by atoms with Crippen LogP contribution in [0.2, 0.25) is 0 Å². The van der Waals surface area contributed by atoms with Gasteiger partial charge in [-0.05, 0) is 12.8 Å². The number of carboxylic acids is 1. The Hall–Kier alpha value is -1.06.